The van der Waals surface area contributed by atoms with Crippen molar-refractivity contribution < 1.29 is 13.2 Å². The van der Waals surface area contributed by atoms with Crippen molar-refractivity contribution in [2.24, 2.45) is 10.1 Å². The molecule has 1 aromatic heterocycles. The van der Waals surface area contributed by atoms with E-state index in [-0.39, 0.29) is 18.0 Å². The number of aliphatic imine (C=N–C) groups is 1. The van der Waals surface area contributed by atoms with Crippen LogP contribution in [-0.2, 0) is 19.5 Å². The van der Waals surface area contributed by atoms with Gasteiger partial charge in [0.25, 0.3) is 0 Å². The maximum Gasteiger partial charge on any atom is 0.224 e. The zero-order chi connectivity index (χ0) is 15.0. The standard InChI is InChI=1S/C11H12BrN3O4S/c1-19-10-8(12)4-11(6-15-10,20(13,17)18)7-5-14-3-2-9(7)16/h2-5H,6H2,1H3,(H,14,16)(H2,13,17,18). The number of H-pyrrole nitrogens is 1. The molecule has 0 amide bonds. The molecular formula is C11H12BrN3O4S. The first-order valence-corrected chi connectivity index (χ1v) is 7.83. The Bertz CT molecular complexity index is 753. The van der Waals surface area contributed by atoms with Crippen molar-refractivity contribution in [1.29, 1.82) is 0 Å². The molecular weight excluding hydrogens is 350 g/mol. The first kappa shape index (κ1) is 14.9. The lowest BCUT2D eigenvalue weighted by Crippen LogP contribution is -2.46. The Kier molecular flexibility index (Phi) is 3.85. The van der Waals surface area contributed by atoms with Crippen molar-refractivity contribution in [1.82, 2.24) is 4.98 Å². The van der Waals surface area contributed by atoms with E-state index in [0.29, 0.717) is 4.48 Å². The fraction of sp³-hybridized carbons (Fsp3) is 0.273. The number of methoxy groups -OCH3 is 1. The molecule has 3 N–H and O–H groups in total. The number of rotatable bonds is 2. The summed E-state index contributed by atoms with van der Waals surface area (Å²) in [5.74, 6) is 0.247. The van der Waals surface area contributed by atoms with E-state index in [1.807, 2.05) is 0 Å². The fourth-order valence-corrected chi connectivity index (χ4v) is 3.80. The molecule has 108 valence electrons. The van der Waals surface area contributed by atoms with Crippen LogP contribution in [0, 0.1) is 0 Å². The smallest absolute Gasteiger partial charge is 0.224 e. The van der Waals surface area contributed by atoms with E-state index in [1.54, 1.807) is 0 Å². The van der Waals surface area contributed by atoms with Gasteiger partial charge in [-0.1, -0.05) is 0 Å². The Morgan fingerprint density at radius 3 is 2.75 bits per heavy atom. The average molecular weight is 362 g/mol. The number of nitrogens with zero attached hydrogens (tertiary/aromatic N) is 1. The first-order valence-electron chi connectivity index (χ1n) is 5.49. The summed E-state index contributed by atoms with van der Waals surface area (Å²) < 4.78 is 27.7. The van der Waals surface area contributed by atoms with Gasteiger partial charge in [-0.05, 0) is 22.0 Å². The minimum absolute atomic E-state index is 0.0124. The number of halogens is 1. The monoisotopic (exact) mass is 361 g/mol. The molecule has 1 aliphatic rings. The minimum Gasteiger partial charge on any atom is -0.480 e. The number of hydrogen-bond donors (Lipinski definition) is 2. The number of dihydropyridines is 1. The number of ether oxygens (including phenoxy) is 1. The lowest BCUT2D eigenvalue weighted by Gasteiger charge is -2.29. The number of aromatic nitrogens is 1. The van der Waals surface area contributed by atoms with Gasteiger partial charge in [-0.2, -0.15) is 0 Å². The highest BCUT2D eigenvalue weighted by atomic mass is 79.9. The molecule has 2 rings (SSSR count). The molecule has 0 saturated carbocycles. The van der Waals surface area contributed by atoms with Gasteiger partial charge in [-0.3, -0.25) is 4.79 Å². The van der Waals surface area contributed by atoms with Crippen molar-refractivity contribution in [2.45, 2.75) is 4.75 Å². The van der Waals surface area contributed by atoms with Crippen LogP contribution in [0.3, 0.4) is 0 Å². The third-order valence-electron chi connectivity index (χ3n) is 3.00. The molecule has 0 radical (unpaired) electrons. The number of aromatic amines is 1. The summed E-state index contributed by atoms with van der Waals surface area (Å²) in [7, 11) is -2.71. The topological polar surface area (TPSA) is 115 Å². The van der Waals surface area contributed by atoms with E-state index in [0.717, 1.165) is 0 Å². The zero-order valence-electron chi connectivity index (χ0n) is 10.5. The molecule has 1 aromatic rings. The Labute approximate surface area is 123 Å². The van der Waals surface area contributed by atoms with Gasteiger partial charge in [0.15, 0.2) is 10.2 Å². The van der Waals surface area contributed by atoms with E-state index >= 15 is 0 Å². The van der Waals surface area contributed by atoms with E-state index in [4.69, 9.17) is 9.88 Å². The number of primary sulfonamides is 1. The molecule has 9 heteroatoms. The second kappa shape index (κ2) is 5.15. The van der Waals surface area contributed by atoms with Crippen LogP contribution in [0.4, 0.5) is 0 Å². The van der Waals surface area contributed by atoms with Gasteiger partial charge in [-0.25, -0.2) is 18.5 Å². The zero-order valence-corrected chi connectivity index (χ0v) is 12.9. The maximum atomic E-state index is 12.1. The molecule has 0 aliphatic carbocycles. The lowest BCUT2D eigenvalue weighted by molar-refractivity contribution is 0.400. The van der Waals surface area contributed by atoms with Crippen molar-refractivity contribution in [3.63, 3.8) is 0 Å². The number of sulfonamides is 1. The number of pyridine rings is 1. The van der Waals surface area contributed by atoms with Crippen LogP contribution in [0.15, 0.2) is 38.8 Å². The summed E-state index contributed by atoms with van der Waals surface area (Å²) in [6.07, 6.45) is 4.06. The largest absolute Gasteiger partial charge is 0.480 e. The van der Waals surface area contributed by atoms with Gasteiger partial charge in [0, 0.05) is 24.0 Å². The summed E-state index contributed by atoms with van der Waals surface area (Å²) in [4.78, 5) is 18.7. The highest BCUT2D eigenvalue weighted by Crippen LogP contribution is 2.34. The van der Waals surface area contributed by atoms with Crippen LogP contribution in [0.5, 0.6) is 0 Å². The Hall–Kier alpha value is -1.45. The molecule has 0 saturated heterocycles. The molecule has 1 atom stereocenters. The van der Waals surface area contributed by atoms with Gasteiger partial charge in [0.1, 0.15) is 0 Å². The van der Waals surface area contributed by atoms with Crippen LogP contribution >= 0.6 is 15.9 Å². The Morgan fingerprint density at radius 1 is 1.55 bits per heavy atom. The van der Waals surface area contributed by atoms with Crippen molar-refractivity contribution in [3.05, 3.63) is 44.8 Å². The van der Waals surface area contributed by atoms with Crippen molar-refractivity contribution in [3.8, 4) is 0 Å². The van der Waals surface area contributed by atoms with Crippen LogP contribution in [-0.4, -0.2) is 33.0 Å². The molecule has 2 heterocycles. The number of nitrogens with two attached hydrogens (primary N) is 1. The predicted molar refractivity (Wildman–Crippen MR) is 78.2 cm³/mol. The number of nitrogens with one attached hydrogen (secondary N) is 1. The van der Waals surface area contributed by atoms with Crippen LogP contribution in [0.2, 0.25) is 0 Å². The number of hydrogen-bond acceptors (Lipinski definition) is 5. The summed E-state index contributed by atoms with van der Waals surface area (Å²) >= 11 is 3.18. The van der Waals surface area contributed by atoms with E-state index in [1.165, 1.54) is 31.6 Å². The molecule has 0 bridgehead atoms. The molecule has 20 heavy (non-hydrogen) atoms. The summed E-state index contributed by atoms with van der Waals surface area (Å²) in [5, 5.41) is 5.34. The summed E-state index contributed by atoms with van der Waals surface area (Å²) in [6, 6.07) is 1.24. The lowest BCUT2D eigenvalue weighted by atomic mass is 9.97. The van der Waals surface area contributed by atoms with Gasteiger partial charge in [-0.15, -0.1) is 0 Å². The van der Waals surface area contributed by atoms with Crippen molar-refractivity contribution >= 4 is 31.9 Å². The first-order chi connectivity index (χ1) is 9.32. The van der Waals surface area contributed by atoms with E-state index in [9.17, 15) is 13.2 Å². The molecule has 1 aliphatic heterocycles. The molecule has 0 fully saturated rings. The summed E-state index contributed by atoms with van der Waals surface area (Å²) in [5.41, 5.74) is -0.427. The van der Waals surface area contributed by atoms with Gasteiger partial charge >= 0.3 is 0 Å². The SMILES string of the molecule is COC1=NCC(c2c[nH]ccc2=O)(S(N)(=O)=O)C=C1Br. The molecule has 1 unspecified atom stereocenters. The average Bonchev–Trinajstić information content (AvgIpc) is 2.37. The normalized spacial score (nSPS) is 22.9. The quantitative estimate of drug-likeness (QED) is 0.782. The minimum atomic E-state index is -4.12. The van der Waals surface area contributed by atoms with Gasteiger partial charge in [0.2, 0.25) is 15.9 Å². The third kappa shape index (κ3) is 2.32. The van der Waals surface area contributed by atoms with Gasteiger partial charge in [0.05, 0.1) is 18.1 Å². The van der Waals surface area contributed by atoms with E-state index < -0.39 is 20.2 Å². The highest BCUT2D eigenvalue weighted by molar-refractivity contribution is 9.12. The van der Waals surface area contributed by atoms with Gasteiger partial charge < -0.3 is 9.72 Å². The van der Waals surface area contributed by atoms with Crippen LogP contribution in [0.1, 0.15) is 5.56 Å². The third-order valence-corrected chi connectivity index (χ3v) is 5.05. The van der Waals surface area contributed by atoms with E-state index in [2.05, 4.69) is 25.9 Å². The Balaban J connectivity index is 2.73. The Morgan fingerprint density at radius 2 is 2.25 bits per heavy atom. The predicted octanol–water partition coefficient (Wildman–Crippen LogP) is 0.196. The summed E-state index contributed by atoms with van der Waals surface area (Å²) in [6.45, 7) is -0.225. The molecule has 0 spiro atoms. The van der Waals surface area contributed by atoms with Crippen molar-refractivity contribution in [2.75, 3.05) is 13.7 Å². The maximum absolute atomic E-state index is 12.1. The second-order valence-corrected chi connectivity index (χ2v) is 6.85. The fourth-order valence-electron chi connectivity index (χ4n) is 1.97. The van der Waals surface area contributed by atoms with Crippen LogP contribution in [0.25, 0.3) is 0 Å². The van der Waals surface area contributed by atoms with Crippen LogP contribution < -0.4 is 10.6 Å². The molecule has 7 nitrogen and oxygen atoms in total. The highest BCUT2D eigenvalue weighted by Gasteiger charge is 2.46. The second-order valence-electron chi connectivity index (χ2n) is 4.17. The molecule has 0 aromatic carbocycles.